The third-order valence-electron chi connectivity index (χ3n) is 3.92. The lowest BCUT2D eigenvalue weighted by atomic mass is 10.2. The summed E-state index contributed by atoms with van der Waals surface area (Å²) in [6.07, 6.45) is 0. The molecule has 0 saturated carbocycles. The second kappa shape index (κ2) is 6.11. The average Bonchev–Trinajstić information content (AvgIpc) is 2.83. The molecule has 0 aliphatic heterocycles. The van der Waals surface area contributed by atoms with E-state index >= 15 is 0 Å². The number of aryl methyl sites for hydroxylation is 2. The Morgan fingerprint density at radius 3 is 2.58 bits per heavy atom. The summed E-state index contributed by atoms with van der Waals surface area (Å²) in [6, 6.07) is 9.92. The Balaban J connectivity index is 2.13. The van der Waals surface area contributed by atoms with E-state index in [9.17, 15) is 13.2 Å². The van der Waals surface area contributed by atoms with Crippen molar-refractivity contribution in [2.75, 3.05) is 0 Å². The first-order chi connectivity index (χ1) is 11.3. The molecule has 0 atom stereocenters. The molecule has 0 amide bonds. The van der Waals surface area contributed by atoms with Gasteiger partial charge in [-0.3, -0.25) is 4.57 Å². The van der Waals surface area contributed by atoms with Crippen LogP contribution in [0.25, 0.3) is 11.1 Å². The lowest BCUT2D eigenvalue weighted by Gasteiger charge is -2.09. The molecule has 0 spiro atoms. The van der Waals surface area contributed by atoms with E-state index in [1.54, 1.807) is 37.3 Å². The number of rotatable bonds is 4. The van der Waals surface area contributed by atoms with Gasteiger partial charge in [0.1, 0.15) is 0 Å². The molecule has 0 aliphatic carbocycles. The number of benzene rings is 2. The lowest BCUT2D eigenvalue weighted by molar-refractivity contribution is 0.512. The van der Waals surface area contributed by atoms with Crippen molar-refractivity contribution in [3.05, 3.63) is 63.1 Å². The van der Waals surface area contributed by atoms with E-state index in [-0.39, 0.29) is 16.2 Å². The summed E-state index contributed by atoms with van der Waals surface area (Å²) in [5.74, 6) is -0.704. The summed E-state index contributed by atoms with van der Waals surface area (Å²) < 4.78 is 32.2. The van der Waals surface area contributed by atoms with Gasteiger partial charge >= 0.3 is 5.76 Å². The highest BCUT2D eigenvalue weighted by molar-refractivity contribution is 7.90. The van der Waals surface area contributed by atoms with Crippen LogP contribution in [0, 0.1) is 6.92 Å². The molecule has 0 radical (unpaired) electrons. The number of hydrogen-bond donors (Lipinski definition) is 0. The number of aromatic nitrogens is 1. The number of fused-ring (bicyclic) bond motifs is 1. The molecule has 0 aliphatic rings. The van der Waals surface area contributed by atoms with Crippen LogP contribution >= 0.6 is 11.6 Å². The van der Waals surface area contributed by atoms with E-state index in [1.807, 2.05) is 6.92 Å². The third-order valence-corrected chi connectivity index (χ3v) is 6.09. The molecule has 0 bridgehead atoms. The number of sulfone groups is 1. The van der Waals surface area contributed by atoms with Gasteiger partial charge in [0.15, 0.2) is 15.4 Å². The van der Waals surface area contributed by atoms with Crippen LogP contribution < -0.4 is 5.76 Å². The molecule has 24 heavy (non-hydrogen) atoms. The van der Waals surface area contributed by atoms with Crippen LogP contribution in [0.4, 0.5) is 0 Å². The minimum absolute atomic E-state index is 0.145. The van der Waals surface area contributed by atoms with Gasteiger partial charge in [-0.05, 0) is 37.1 Å². The highest BCUT2D eigenvalue weighted by Gasteiger charge is 2.22. The number of halogens is 1. The van der Waals surface area contributed by atoms with E-state index in [0.717, 1.165) is 0 Å². The normalized spacial score (nSPS) is 12.0. The second-order valence-corrected chi connectivity index (χ2v) is 7.91. The van der Waals surface area contributed by atoms with Crippen LogP contribution in [0.2, 0.25) is 5.02 Å². The van der Waals surface area contributed by atoms with Crippen LogP contribution in [-0.4, -0.2) is 13.0 Å². The molecular formula is C17H16ClNO4S. The van der Waals surface area contributed by atoms with Gasteiger partial charge in [-0.15, -0.1) is 0 Å². The lowest BCUT2D eigenvalue weighted by Crippen LogP contribution is -2.12. The zero-order valence-corrected chi connectivity index (χ0v) is 14.8. The molecule has 1 heterocycles. The van der Waals surface area contributed by atoms with E-state index < -0.39 is 15.6 Å². The van der Waals surface area contributed by atoms with Gasteiger partial charge in [-0.2, -0.15) is 0 Å². The van der Waals surface area contributed by atoms with Gasteiger partial charge in [0, 0.05) is 17.6 Å². The highest BCUT2D eigenvalue weighted by Crippen LogP contribution is 2.27. The maximum Gasteiger partial charge on any atom is 0.419 e. The molecule has 1 aromatic heterocycles. The molecular weight excluding hydrogens is 350 g/mol. The summed E-state index contributed by atoms with van der Waals surface area (Å²) in [4.78, 5) is 12.0. The zero-order chi connectivity index (χ0) is 17.5. The fraction of sp³-hybridized carbons (Fsp3) is 0.235. The van der Waals surface area contributed by atoms with Crippen LogP contribution in [0.5, 0.6) is 0 Å². The first kappa shape index (κ1) is 16.8. The predicted octanol–water partition coefficient (Wildman–Crippen LogP) is 3.55. The summed E-state index contributed by atoms with van der Waals surface area (Å²) in [5, 5.41) is 0.406. The molecule has 0 saturated heterocycles. The van der Waals surface area contributed by atoms with E-state index in [4.69, 9.17) is 16.0 Å². The van der Waals surface area contributed by atoms with Crippen LogP contribution in [-0.2, 0) is 22.1 Å². The van der Waals surface area contributed by atoms with Crippen molar-refractivity contribution >= 4 is 32.5 Å². The van der Waals surface area contributed by atoms with Gasteiger partial charge in [0.2, 0.25) is 0 Å². The third kappa shape index (κ3) is 2.87. The van der Waals surface area contributed by atoms with Crippen molar-refractivity contribution in [3.8, 4) is 0 Å². The Morgan fingerprint density at radius 1 is 1.21 bits per heavy atom. The van der Waals surface area contributed by atoms with Crippen molar-refractivity contribution in [3.63, 3.8) is 0 Å². The SMILES string of the molecule is CCn1c(=O)oc2cc(S(=O)(=O)Cc3ccccc3Cl)c(C)cc21. The fourth-order valence-corrected chi connectivity index (χ4v) is 4.66. The van der Waals surface area contributed by atoms with Crippen molar-refractivity contribution < 1.29 is 12.8 Å². The van der Waals surface area contributed by atoms with Gasteiger partial charge < -0.3 is 4.42 Å². The van der Waals surface area contributed by atoms with E-state index in [1.165, 1.54) is 10.6 Å². The summed E-state index contributed by atoms with van der Waals surface area (Å²) in [7, 11) is -3.62. The molecule has 126 valence electrons. The van der Waals surface area contributed by atoms with Crippen molar-refractivity contribution in [1.29, 1.82) is 0 Å². The van der Waals surface area contributed by atoms with Gasteiger partial charge in [-0.25, -0.2) is 13.2 Å². The van der Waals surface area contributed by atoms with Gasteiger partial charge in [-0.1, -0.05) is 29.8 Å². The van der Waals surface area contributed by atoms with Crippen molar-refractivity contribution in [2.24, 2.45) is 0 Å². The Kier molecular flexibility index (Phi) is 4.27. The monoisotopic (exact) mass is 365 g/mol. The summed E-state index contributed by atoms with van der Waals surface area (Å²) in [5.41, 5.74) is 1.96. The largest absolute Gasteiger partial charge is 0.419 e. The standard InChI is InChI=1S/C17H16ClNO4S/c1-3-19-14-8-11(2)16(9-15(14)23-17(19)20)24(21,22)10-12-6-4-5-7-13(12)18/h4-9H,3,10H2,1-2H3. The second-order valence-electron chi connectivity index (χ2n) is 5.55. The molecule has 5 nitrogen and oxygen atoms in total. The van der Waals surface area contributed by atoms with Crippen LogP contribution in [0.1, 0.15) is 18.1 Å². The number of oxazole rings is 1. The topological polar surface area (TPSA) is 69.3 Å². The first-order valence-electron chi connectivity index (χ1n) is 7.43. The Bertz CT molecular complexity index is 1080. The van der Waals surface area contributed by atoms with Gasteiger partial charge in [0.25, 0.3) is 0 Å². The molecule has 3 rings (SSSR count). The molecule has 3 aromatic rings. The first-order valence-corrected chi connectivity index (χ1v) is 9.46. The number of nitrogens with zero attached hydrogens (tertiary/aromatic N) is 1. The van der Waals surface area contributed by atoms with Gasteiger partial charge in [0.05, 0.1) is 16.2 Å². The Labute approximate surface area is 144 Å². The number of hydrogen-bond acceptors (Lipinski definition) is 4. The zero-order valence-electron chi connectivity index (χ0n) is 13.2. The Morgan fingerprint density at radius 2 is 1.92 bits per heavy atom. The van der Waals surface area contributed by atoms with E-state index in [2.05, 4.69) is 0 Å². The highest BCUT2D eigenvalue weighted by atomic mass is 35.5. The molecule has 2 aromatic carbocycles. The molecule has 0 fully saturated rings. The van der Waals surface area contributed by atoms with E-state index in [0.29, 0.717) is 28.2 Å². The molecule has 0 N–H and O–H groups in total. The maximum absolute atomic E-state index is 12.8. The average molecular weight is 366 g/mol. The maximum atomic E-state index is 12.8. The Hall–Kier alpha value is -2.05. The van der Waals surface area contributed by atoms with Crippen molar-refractivity contribution in [2.45, 2.75) is 31.0 Å². The van der Waals surface area contributed by atoms with Crippen LogP contribution in [0.15, 0.2) is 50.5 Å². The minimum atomic E-state index is -3.62. The van der Waals surface area contributed by atoms with Crippen molar-refractivity contribution in [1.82, 2.24) is 4.57 Å². The predicted molar refractivity (Wildman–Crippen MR) is 93.2 cm³/mol. The molecule has 7 heteroatoms. The quantitative estimate of drug-likeness (QED) is 0.709. The smallest absolute Gasteiger partial charge is 0.408 e. The fourth-order valence-electron chi connectivity index (χ4n) is 2.73. The summed E-state index contributed by atoms with van der Waals surface area (Å²) in [6.45, 7) is 3.99. The molecule has 0 unspecified atom stereocenters. The van der Waals surface area contributed by atoms with Crippen LogP contribution in [0.3, 0.4) is 0 Å². The minimum Gasteiger partial charge on any atom is -0.408 e. The summed E-state index contributed by atoms with van der Waals surface area (Å²) >= 11 is 6.07.